The van der Waals surface area contributed by atoms with Crippen molar-refractivity contribution in [1.29, 1.82) is 0 Å². The molecule has 0 aromatic carbocycles. The van der Waals surface area contributed by atoms with Crippen LogP contribution in [0.15, 0.2) is 28.9 Å². The van der Waals surface area contributed by atoms with Gasteiger partial charge in [0.15, 0.2) is 0 Å². The molecular formula is C10H13OS+. The van der Waals surface area contributed by atoms with E-state index in [0.717, 1.165) is 5.07 Å². The molecule has 1 heterocycles. The zero-order valence-corrected chi connectivity index (χ0v) is 8.44. The van der Waals surface area contributed by atoms with Crippen molar-refractivity contribution in [2.24, 2.45) is 0 Å². The lowest BCUT2D eigenvalue weighted by Gasteiger charge is -1.86. The van der Waals surface area contributed by atoms with Crippen LogP contribution < -0.4 is 0 Å². The summed E-state index contributed by atoms with van der Waals surface area (Å²) in [6, 6.07) is 0. The average molecular weight is 181 g/mol. The number of aryl methyl sites for hydroxylation is 1. The molecule has 0 amide bonds. The molecule has 0 aliphatic carbocycles. The van der Waals surface area contributed by atoms with Crippen LogP contribution in [0.5, 0.6) is 0 Å². The maximum Gasteiger partial charge on any atom is 0.382 e. The van der Waals surface area contributed by atoms with Gasteiger partial charge in [-0.3, -0.25) is 0 Å². The monoisotopic (exact) mass is 181 g/mol. The third-order valence-corrected chi connectivity index (χ3v) is 2.53. The van der Waals surface area contributed by atoms with Gasteiger partial charge in [0.1, 0.15) is 4.88 Å². The number of allylic oxidation sites excluding steroid dienone is 4. The highest BCUT2D eigenvalue weighted by Gasteiger charge is 2.09. The Labute approximate surface area is 77.1 Å². The van der Waals surface area contributed by atoms with E-state index < -0.39 is 0 Å². The highest BCUT2D eigenvalue weighted by atomic mass is 32.1. The second-order valence-corrected chi connectivity index (χ2v) is 3.79. The Hall–Kier alpha value is -0.890. The second kappa shape index (κ2) is 4.21. The maximum atomic E-state index is 5.22. The zero-order chi connectivity index (χ0) is 8.97. The molecule has 0 saturated heterocycles. The van der Waals surface area contributed by atoms with Crippen LogP contribution in [0.3, 0.4) is 0 Å². The summed E-state index contributed by atoms with van der Waals surface area (Å²) < 4.78 is 5.22. The molecule has 0 radical (unpaired) electrons. The summed E-state index contributed by atoms with van der Waals surface area (Å²) in [5.74, 6) is 0. The van der Waals surface area contributed by atoms with E-state index in [2.05, 4.69) is 13.0 Å². The van der Waals surface area contributed by atoms with E-state index in [4.69, 9.17) is 4.42 Å². The summed E-state index contributed by atoms with van der Waals surface area (Å²) in [7, 11) is 0. The lowest BCUT2D eigenvalue weighted by molar-refractivity contribution is 0.541. The Morgan fingerprint density at radius 3 is 2.83 bits per heavy atom. The molecule has 0 unspecified atom stereocenters. The number of hydrogen-bond acceptors (Lipinski definition) is 1. The van der Waals surface area contributed by atoms with E-state index in [1.807, 2.05) is 26.0 Å². The molecule has 0 atom stereocenters. The van der Waals surface area contributed by atoms with Gasteiger partial charge < -0.3 is 0 Å². The Morgan fingerprint density at radius 2 is 2.33 bits per heavy atom. The van der Waals surface area contributed by atoms with Gasteiger partial charge in [0.05, 0.1) is 6.92 Å². The van der Waals surface area contributed by atoms with Gasteiger partial charge in [0.25, 0.3) is 0 Å². The zero-order valence-electron chi connectivity index (χ0n) is 7.63. The van der Waals surface area contributed by atoms with Crippen LogP contribution >= 0.6 is 11.3 Å². The van der Waals surface area contributed by atoms with Crippen molar-refractivity contribution in [2.45, 2.75) is 20.8 Å². The van der Waals surface area contributed by atoms with Crippen LogP contribution in [0.4, 0.5) is 0 Å². The topological polar surface area (TPSA) is 11.3 Å². The van der Waals surface area contributed by atoms with Crippen molar-refractivity contribution in [3.63, 3.8) is 0 Å². The van der Waals surface area contributed by atoms with Crippen LogP contribution in [0.1, 0.15) is 23.8 Å². The molecular weight excluding hydrogens is 168 g/mol. The number of hydrogen-bond donors (Lipinski definition) is 0. The Kier molecular flexibility index (Phi) is 3.23. The molecule has 0 spiro atoms. The molecule has 1 nitrogen and oxygen atoms in total. The third-order valence-electron chi connectivity index (χ3n) is 1.51. The van der Waals surface area contributed by atoms with Crippen LogP contribution in [0, 0.1) is 6.92 Å². The van der Waals surface area contributed by atoms with Gasteiger partial charge in [-0.1, -0.05) is 18.2 Å². The summed E-state index contributed by atoms with van der Waals surface area (Å²) in [4.78, 5) is 1.20. The highest BCUT2D eigenvalue weighted by molar-refractivity contribution is 7.12. The Bertz CT molecular complexity index is 307. The summed E-state index contributed by atoms with van der Waals surface area (Å²) in [6.45, 7) is 6.06. The van der Waals surface area contributed by atoms with Crippen LogP contribution in [-0.4, -0.2) is 0 Å². The van der Waals surface area contributed by atoms with Crippen molar-refractivity contribution < 1.29 is 4.42 Å². The van der Waals surface area contributed by atoms with Crippen molar-refractivity contribution in [1.82, 2.24) is 0 Å². The van der Waals surface area contributed by atoms with Crippen LogP contribution in [0.2, 0.25) is 0 Å². The number of rotatable bonds is 2. The van der Waals surface area contributed by atoms with Crippen molar-refractivity contribution in [3.8, 4) is 0 Å². The van der Waals surface area contributed by atoms with E-state index >= 15 is 0 Å². The fraction of sp³-hybridized carbons (Fsp3) is 0.300. The first-order chi connectivity index (χ1) is 5.74. The van der Waals surface area contributed by atoms with E-state index in [1.165, 1.54) is 10.5 Å². The molecule has 64 valence electrons. The van der Waals surface area contributed by atoms with Gasteiger partial charge in [-0.2, -0.15) is 0 Å². The van der Waals surface area contributed by atoms with Gasteiger partial charge in [0, 0.05) is 0 Å². The second-order valence-electron chi connectivity index (χ2n) is 2.57. The van der Waals surface area contributed by atoms with E-state index in [9.17, 15) is 0 Å². The van der Waals surface area contributed by atoms with Crippen molar-refractivity contribution >= 4 is 16.9 Å². The predicted octanol–water partition coefficient (Wildman–Crippen LogP) is 3.91. The minimum atomic E-state index is 0.998. The average Bonchev–Trinajstić information content (AvgIpc) is 2.47. The quantitative estimate of drug-likeness (QED) is 0.497. The molecule has 0 fully saturated rings. The normalized spacial score (nSPS) is 12.8. The predicted molar refractivity (Wildman–Crippen MR) is 54.2 cm³/mol. The molecule has 0 saturated carbocycles. The molecule has 0 aliphatic heterocycles. The lowest BCUT2D eigenvalue weighted by Crippen LogP contribution is -1.67. The molecule has 12 heavy (non-hydrogen) atoms. The maximum absolute atomic E-state index is 5.22. The lowest BCUT2D eigenvalue weighted by atomic mass is 10.2. The molecule has 1 aromatic rings. The van der Waals surface area contributed by atoms with Crippen LogP contribution in [-0.2, 0) is 0 Å². The summed E-state index contributed by atoms with van der Waals surface area (Å²) in [5, 5.41) is 0.998. The van der Waals surface area contributed by atoms with E-state index in [0.29, 0.717) is 0 Å². The Morgan fingerprint density at radius 1 is 1.58 bits per heavy atom. The largest absolute Gasteiger partial charge is 0.382 e. The standard InChI is InChI=1S/C10H13OS/c1-4-5-6-8(2)10-7-11-9(3)12-10/h4-7H,1-3H3/q+1/b5-4-,8-6+. The smallest absolute Gasteiger partial charge is 0.208 e. The summed E-state index contributed by atoms with van der Waals surface area (Å²) in [6.07, 6.45) is 7.93. The summed E-state index contributed by atoms with van der Waals surface area (Å²) >= 11 is 1.68. The molecule has 0 N–H and O–H groups in total. The third kappa shape index (κ3) is 2.31. The van der Waals surface area contributed by atoms with Crippen molar-refractivity contribution in [3.05, 3.63) is 34.4 Å². The molecule has 1 aromatic heterocycles. The van der Waals surface area contributed by atoms with Gasteiger partial charge in [-0.25, -0.2) is 4.42 Å². The molecule has 0 aliphatic rings. The fourth-order valence-electron chi connectivity index (χ4n) is 0.836. The van der Waals surface area contributed by atoms with Gasteiger partial charge in [0.2, 0.25) is 0 Å². The molecule has 0 bridgehead atoms. The SMILES string of the molecule is C/C=C\C=C(/C)c1c[o+]c(C)s1. The minimum absolute atomic E-state index is 0.998. The Balaban J connectivity index is 2.84. The first kappa shape index (κ1) is 9.20. The minimum Gasteiger partial charge on any atom is -0.208 e. The first-order valence-corrected chi connectivity index (χ1v) is 4.74. The molecule has 2 heteroatoms. The highest BCUT2D eigenvalue weighted by Crippen LogP contribution is 2.22. The van der Waals surface area contributed by atoms with E-state index in [1.54, 1.807) is 17.6 Å². The van der Waals surface area contributed by atoms with Crippen LogP contribution in [0.25, 0.3) is 5.57 Å². The van der Waals surface area contributed by atoms with E-state index in [-0.39, 0.29) is 0 Å². The van der Waals surface area contributed by atoms with Crippen molar-refractivity contribution in [2.75, 3.05) is 0 Å². The van der Waals surface area contributed by atoms with Gasteiger partial charge in [-0.05, 0) is 30.8 Å². The first-order valence-electron chi connectivity index (χ1n) is 3.92. The summed E-state index contributed by atoms with van der Waals surface area (Å²) in [5.41, 5.74) is 1.25. The fourth-order valence-corrected chi connectivity index (χ4v) is 1.57. The molecule has 1 rings (SSSR count). The van der Waals surface area contributed by atoms with Gasteiger partial charge >= 0.3 is 11.3 Å². The van der Waals surface area contributed by atoms with Gasteiger partial charge in [-0.15, -0.1) is 0 Å².